The van der Waals surface area contributed by atoms with Gasteiger partial charge in [0.25, 0.3) is 0 Å². The summed E-state index contributed by atoms with van der Waals surface area (Å²) in [4.78, 5) is 11.4. The van der Waals surface area contributed by atoms with Crippen LogP contribution in [0.5, 0.6) is 17.2 Å². The Labute approximate surface area is 236 Å². The molecule has 39 heavy (non-hydrogen) atoms. The number of hydrogen-bond donors (Lipinski definition) is 1. The van der Waals surface area contributed by atoms with E-state index in [9.17, 15) is 0 Å². The maximum absolute atomic E-state index is 6.06. The first-order valence-electron chi connectivity index (χ1n) is 12.5. The monoisotopic (exact) mass is 553 g/mol. The summed E-state index contributed by atoms with van der Waals surface area (Å²) in [5.74, 6) is 2.27. The van der Waals surface area contributed by atoms with Gasteiger partial charge >= 0.3 is 0 Å². The second-order valence-corrected chi connectivity index (χ2v) is 10.5. The summed E-state index contributed by atoms with van der Waals surface area (Å²) in [6.45, 7) is 4.26. The van der Waals surface area contributed by atoms with E-state index in [0.717, 1.165) is 45.1 Å². The molecule has 1 aliphatic rings. The zero-order valence-corrected chi connectivity index (χ0v) is 23.4. The van der Waals surface area contributed by atoms with Crippen molar-refractivity contribution >= 4 is 34.4 Å². The van der Waals surface area contributed by atoms with Gasteiger partial charge in [0.1, 0.15) is 17.2 Å². The van der Waals surface area contributed by atoms with Gasteiger partial charge in [0, 0.05) is 34.8 Å². The number of aryl methyl sites for hydroxylation is 1. The fourth-order valence-electron chi connectivity index (χ4n) is 5.11. The molecule has 1 aliphatic heterocycles. The molecule has 0 aliphatic carbocycles. The van der Waals surface area contributed by atoms with Gasteiger partial charge < -0.3 is 19.7 Å². The first kappa shape index (κ1) is 25.1. The summed E-state index contributed by atoms with van der Waals surface area (Å²) in [7, 11) is 1.65. The van der Waals surface area contributed by atoms with Crippen molar-refractivity contribution in [1.29, 1.82) is 0 Å². The highest BCUT2D eigenvalue weighted by Crippen LogP contribution is 2.44. The van der Waals surface area contributed by atoms with Crippen molar-refractivity contribution in [2.45, 2.75) is 25.9 Å². The highest BCUT2D eigenvalue weighted by atomic mass is 32.1. The van der Waals surface area contributed by atoms with Crippen molar-refractivity contribution in [3.05, 3.63) is 113 Å². The van der Waals surface area contributed by atoms with Crippen molar-refractivity contribution in [2.75, 3.05) is 12.0 Å². The van der Waals surface area contributed by atoms with Gasteiger partial charge in [0.05, 0.1) is 24.9 Å². The highest BCUT2D eigenvalue weighted by Gasteiger charge is 2.42. The summed E-state index contributed by atoms with van der Waals surface area (Å²) in [5, 5.41) is 7.15. The van der Waals surface area contributed by atoms with Gasteiger partial charge in [-0.2, -0.15) is 0 Å². The van der Waals surface area contributed by atoms with Crippen molar-refractivity contribution in [3.63, 3.8) is 0 Å². The third-order valence-electron chi connectivity index (χ3n) is 6.91. The molecule has 0 saturated carbocycles. The van der Waals surface area contributed by atoms with Crippen molar-refractivity contribution < 1.29 is 9.47 Å². The van der Waals surface area contributed by atoms with Crippen LogP contribution >= 0.6 is 23.6 Å². The van der Waals surface area contributed by atoms with Crippen LogP contribution in [0.1, 0.15) is 34.7 Å². The largest absolute Gasteiger partial charge is 0.497 e. The van der Waals surface area contributed by atoms with E-state index in [2.05, 4.69) is 44.7 Å². The Balaban J connectivity index is 1.37. The molecule has 0 radical (unpaired) electrons. The van der Waals surface area contributed by atoms with Crippen LogP contribution in [0.3, 0.4) is 0 Å². The normalized spacial score (nSPS) is 16.8. The van der Waals surface area contributed by atoms with Crippen LogP contribution in [-0.4, -0.2) is 26.8 Å². The van der Waals surface area contributed by atoms with Gasteiger partial charge in [-0.05, 0) is 98.4 Å². The third-order valence-corrected chi connectivity index (χ3v) is 7.98. The second-order valence-electron chi connectivity index (χ2n) is 9.24. The molecule has 2 aromatic carbocycles. The molecule has 3 aromatic heterocycles. The zero-order valence-electron chi connectivity index (χ0n) is 21.7. The van der Waals surface area contributed by atoms with Crippen LogP contribution in [0.2, 0.25) is 0 Å². The minimum absolute atomic E-state index is 0.110. The second kappa shape index (κ2) is 10.5. The maximum atomic E-state index is 6.06. The quantitative estimate of drug-likeness (QED) is 0.219. The third kappa shape index (κ3) is 4.75. The molecule has 196 valence electrons. The minimum Gasteiger partial charge on any atom is -0.497 e. The Morgan fingerprint density at radius 3 is 2.26 bits per heavy atom. The molecule has 7 nitrogen and oxygen atoms in total. The first-order chi connectivity index (χ1) is 19.0. The summed E-state index contributed by atoms with van der Waals surface area (Å²) in [5.41, 5.74) is 5.33. The number of aromatic nitrogens is 3. The average molecular weight is 554 g/mol. The lowest BCUT2D eigenvalue weighted by atomic mass is 9.96. The molecule has 5 aromatic rings. The van der Waals surface area contributed by atoms with Gasteiger partial charge in [0.2, 0.25) is 0 Å². The van der Waals surface area contributed by atoms with Crippen molar-refractivity contribution in [1.82, 2.24) is 19.9 Å². The number of benzene rings is 2. The average Bonchev–Trinajstić information content (AvgIpc) is 3.68. The number of ether oxygens (including phenoxy) is 2. The summed E-state index contributed by atoms with van der Waals surface area (Å²) in [6.07, 6.45) is 3.66. The SMILES string of the molecule is COc1ccc(Oc2ccc(N3C(=S)NC(c4ccccn4)C3c3cc(C)n(-c4nccs4)c3C)cc2)cc1. The van der Waals surface area contributed by atoms with Crippen LogP contribution in [-0.2, 0) is 0 Å². The summed E-state index contributed by atoms with van der Waals surface area (Å²) >= 11 is 7.55. The van der Waals surface area contributed by atoms with Crippen molar-refractivity contribution in [2.24, 2.45) is 0 Å². The Morgan fingerprint density at radius 2 is 1.62 bits per heavy atom. The van der Waals surface area contributed by atoms with E-state index in [1.54, 1.807) is 18.4 Å². The molecule has 2 atom stereocenters. The lowest BCUT2D eigenvalue weighted by Gasteiger charge is -2.28. The fourth-order valence-corrected chi connectivity index (χ4v) is 6.21. The molecular formula is C30H27N5O2S2. The van der Waals surface area contributed by atoms with E-state index in [4.69, 9.17) is 21.7 Å². The molecule has 0 bridgehead atoms. The van der Waals surface area contributed by atoms with E-state index >= 15 is 0 Å². The van der Waals surface area contributed by atoms with Gasteiger partial charge in [0.15, 0.2) is 10.2 Å². The van der Waals surface area contributed by atoms with Gasteiger partial charge in [-0.15, -0.1) is 11.3 Å². The molecule has 1 N–H and O–H groups in total. The van der Waals surface area contributed by atoms with Gasteiger partial charge in [-0.25, -0.2) is 4.98 Å². The fraction of sp³-hybridized carbons (Fsp3) is 0.167. The smallest absolute Gasteiger partial charge is 0.193 e. The molecule has 1 saturated heterocycles. The lowest BCUT2D eigenvalue weighted by molar-refractivity contribution is 0.413. The van der Waals surface area contributed by atoms with Crippen LogP contribution < -0.4 is 19.7 Å². The first-order valence-corrected chi connectivity index (χ1v) is 13.8. The summed E-state index contributed by atoms with van der Waals surface area (Å²) in [6, 6.07) is 23.5. The van der Waals surface area contributed by atoms with Crippen LogP contribution in [0.4, 0.5) is 5.69 Å². The summed E-state index contributed by atoms with van der Waals surface area (Å²) < 4.78 is 13.5. The number of thiazole rings is 1. The van der Waals surface area contributed by atoms with Crippen LogP contribution in [0.15, 0.2) is 90.6 Å². The highest BCUT2D eigenvalue weighted by molar-refractivity contribution is 7.80. The Morgan fingerprint density at radius 1 is 0.897 bits per heavy atom. The number of anilines is 1. The predicted molar refractivity (Wildman–Crippen MR) is 158 cm³/mol. The number of rotatable bonds is 7. The van der Waals surface area contributed by atoms with E-state index in [1.807, 2.05) is 84.5 Å². The molecule has 0 amide bonds. The number of pyridine rings is 1. The number of nitrogens with zero attached hydrogens (tertiary/aromatic N) is 4. The van der Waals surface area contributed by atoms with Gasteiger partial charge in [-0.3, -0.25) is 9.55 Å². The maximum Gasteiger partial charge on any atom is 0.193 e. The van der Waals surface area contributed by atoms with E-state index in [1.165, 1.54) is 5.56 Å². The standard InChI is InChI=1S/C30H27N5O2S2/c1-19-18-25(20(2)34(19)30-32-16-17-39-30)28-27(26-6-4-5-15-31-26)33-29(38)35(28)21-7-9-23(10-8-21)37-24-13-11-22(36-3)12-14-24/h4-18,27-28H,1-3H3,(H,33,38). The Kier molecular flexibility index (Phi) is 6.76. The number of thiocarbonyl (C=S) groups is 1. The topological polar surface area (TPSA) is 64.4 Å². The van der Waals surface area contributed by atoms with E-state index < -0.39 is 0 Å². The lowest BCUT2D eigenvalue weighted by Crippen LogP contribution is -2.29. The molecule has 0 spiro atoms. The van der Waals surface area contributed by atoms with E-state index in [0.29, 0.717) is 5.11 Å². The molecule has 2 unspecified atom stereocenters. The minimum atomic E-state index is -0.126. The van der Waals surface area contributed by atoms with Gasteiger partial charge in [-0.1, -0.05) is 6.07 Å². The zero-order chi connectivity index (χ0) is 26.9. The Bertz CT molecular complexity index is 1580. The predicted octanol–water partition coefficient (Wildman–Crippen LogP) is 6.92. The number of nitrogens with one attached hydrogen (secondary N) is 1. The number of methoxy groups -OCH3 is 1. The molecule has 9 heteroatoms. The molecular weight excluding hydrogens is 526 g/mol. The van der Waals surface area contributed by atoms with Crippen LogP contribution in [0, 0.1) is 13.8 Å². The Hall–Kier alpha value is -4.21. The van der Waals surface area contributed by atoms with E-state index in [-0.39, 0.29) is 12.1 Å². The molecule has 4 heterocycles. The molecule has 1 fully saturated rings. The number of hydrogen-bond acceptors (Lipinski definition) is 6. The van der Waals surface area contributed by atoms with Crippen molar-refractivity contribution in [3.8, 4) is 22.4 Å². The molecule has 6 rings (SSSR count). The van der Waals surface area contributed by atoms with Crippen LogP contribution in [0.25, 0.3) is 5.13 Å².